The van der Waals surface area contributed by atoms with Crippen molar-refractivity contribution >= 4 is 0 Å². The lowest BCUT2D eigenvalue weighted by Gasteiger charge is -2.41. The molecule has 2 bridgehead atoms. The first-order valence-corrected chi connectivity index (χ1v) is 10.0. The van der Waals surface area contributed by atoms with Crippen molar-refractivity contribution in [2.75, 3.05) is 39.3 Å². The number of β-amino-alcohol motifs (C(OH)–C–C–N with tert-alkyl or cyclic N) is 1. The van der Waals surface area contributed by atoms with Gasteiger partial charge in [-0.2, -0.15) is 0 Å². The van der Waals surface area contributed by atoms with Crippen LogP contribution in [-0.4, -0.2) is 66.4 Å². The predicted octanol–water partition coefficient (Wildman–Crippen LogP) is 2.54. The molecule has 1 N–H and O–H groups in total. The Labute approximate surface area is 151 Å². The number of piperazine rings is 1. The number of nitrogens with zero attached hydrogens (tertiary/aromatic N) is 2. The van der Waals surface area contributed by atoms with Crippen molar-refractivity contribution in [3.63, 3.8) is 0 Å². The molecule has 1 saturated heterocycles. The zero-order valence-corrected chi connectivity index (χ0v) is 15.4. The fourth-order valence-corrected chi connectivity index (χ4v) is 5.19. The van der Waals surface area contributed by atoms with Gasteiger partial charge in [-0.05, 0) is 49.7 Å². The SMILES string of the molecule is Cc1ccccc1OCC(O)CN1CCN(C2CC3CCC2C3)CC1. The number of ether oxygens (including phenoxy) is 1. The summed E-state index contributed by atoms with van der Waals surface area (Å²) in [5.74, 6) is 2.88. The van der Waals surface area contributed by atoms with Crippen LogP contribution in [0.2, 0.25) is 0 Å². The number of aliphatic hydroxyl groups is 1. The number of aryl methyl sites for hydroxylation is 1. The molecule has 25 heavy (non-hydrogen) atoms. The second-order valence-corrected chi connectivity index (χ2v) is 8.31. The second-order valence-electron chi connectivity index (χ2n) is 8.31. The summed E-state index contributed by atoms with van der Waals surface area (Å²) in [7, 11) is 0. The van der Waals surface area contributed by atoms with Crippen LogP contribution in [0.15, 0.2) is 24.3 Å². The van der Waals surface area contributed by atoms with E-state index in [0.29, 0.717) is 6.61 Å². The molecule has 3 fully saturated rings. The molecule has 4 atom stereocenters. The van der Waals surface area contributed by atoms with Gasteiger partial charge in [-0.1, -0.05) is 24.6 Å². The van der Waals surface area contributed by atoms with Crippen molar-refractivity contribution in [3.8, 4) is 5.75 Å². The Morgan fingerprint density at radius 2 is 1.92 bits per heavy atom. The molecule has 4 unspecified atom stereocenters. The van der Waals surface area contributed by atoms with Crippen LogP contribution in [0, 0.1) is 18.8 Å². The predicted molar refractivity (Wildman–Crippen MR) is 99.9 cm³/mol. The minimum absolute atomic E-state index is 0.372. The maximum Gasteiger partial charge on any atom is 0.122 e. The quantitative estimate of drug-likeness (QED) is 0.860. The highest BCUT2D eigenvalue weighted by Crippen LogP contribution is 2.46. The lowest BCUT2D eigenvalue weighted by molar-refractivity contribution is 0.0281. The van der Waals surface area contributed by atoms with E-state index < -0.39 is 6.10 Å². The smallest absolute Gasteiger partial charge is 0.122 e. The van der Waals surface area contributed by atoms with E-state index in [1.165, 1.54) is 38.8 Å². The zero-order valence-electron chi connectivity index (χ0n) is 15.4. The van der Waals surface area contributed by atoms with Crippen LogP contribution in [0.5, 0.6) is 5.75 Å². The van der Waals surface area contributed by atoms with Crippen molar-refractivity contribution in [3.05, 3.63) is 29.8 Å². The highest BCUT2D eigenvalue weighted by molar-refractivity contribution is 5.31. The van der Waals surface area contributed by atoms with Gasteiger partial charge in [0.05, 0.1) is 0 Å². The molecule has 1 aromatic carbocycles. The molecule has 1 heterocycles. The van der Waals surface area contributed by atoms with Crippen LogP contribution in [0.4, 0.5) is 0 Å². The molecule has 4 rings (SSSR count). The first kappa shape index (κ1) is 17.3. The van der Waals surface area contributed by atoms with E-state index in [1.807, 2.05) is 31.2 Å². The first-order chi connectivity index (χ1) is 12.2. The average molecular weight is 344 g/mol. The van der Waals surface area contributed by atoms with Crippen LogP contribution in [0.25, 0.3) is 0 Å². The summed E-state index contributed by atoms with van der Waals surface area (Å²) in [6, 6.07) is 8.85. The topological polar surface area (TPSA) is 35.9 Å². The van der Waals surface area contributed by atoms with Gasteiger partial charge in [-0.3, -0.25) is 9.80 Å². The van der Waals surface area contributed by atoms with Gasteiger partial charge < -0.3 is 9.84 Å². The van der Waals surface area contributed by atoms with Gasteiger partial charge in [0.2, 0.25) is 0 Å². The molecule has 0 amide bonds. The summed E-state index contributed by atoms with van der Waals surface area (Å²) in [4.78, 5) is 5.13. The van der Waals surface area contributed by atoms with Gasteiger partial charge >= 0.3 is 0 Å². The van der Waals surface area contributed by atoms with Crippen molar-refractivity contribution in [1.29, 1.82) is 0 Å². The van der Waals surface area contributed by atoms with Crippen LogP contribution < -0.4 is 4.74 Å². The molecule has 0 spiro atoms. The van der Waals surface area contributed by atoms with Gasteiger partial charge in [0.15, 0.2) is 0 Å². The van der Waals surface area contributed by atoms with Crippen LogP contribution in [0.1, 0.15) is 31.2 Å². The van der Waals surface area contributed by atoms with E-state index >= 15 is 0 Å². The number of para-hydroxylation sites is 1. The fourth-order valence-electron chi connectivity index (χ4n) is 5.19. The molecule has 4 nitrogen and oxygen atoms in total. The normalized spacial score (nSPS) is 31.4. The number of benzene rings is 1. The molecule has 1 aliphatic heterocycles. The van der Waals surface area contributed by atoms with Crippen molar-refractivity contribution in [2.45, 2.75) is 44.8 Å². The van der Waals surface area contributed by atoms with E-state index in [4.69, 9.17) is 4.74 Å². The van der Waals surface area contributed by atoms with Gasteiger partial charge in [0.1, 0.15) is 18.5 Å². The Bertz CT molecular complexity index is 571. The van der Waals surface area contributed by atoms with Gasteiger partial charge in [-0.25, -0.2) is 0 Å². The third-order valence-corrected chi connectivity index (χ3v) is 6.57. The summed E-state index contributed by atoms with van der Waals surface area (Å²) >= 11 is 0. The third-order valence-electron chi connectivity index (χ3n) is 6.57. The van der Waals surface area contributed by atoms with Crippen LogP contribution in [0.3, 0.4) is 0 Å². The molecular formula is C21H32N2O2. The number of aliphatic hydroxyl groups excluding tert-OH is 1. The van der Waals surface area contributed by atoms with E-state index in [1.54, 1.807) is 0 Å². The van der Waals surface area contributed by atoms with Gasteiger partial charge in [-0.15, -0.1) is 0 Å². The van der Waals surface area contributed by atoms with Gasteiger partial charge in [0.25, 0.3) is 0 Å². The van der Waals surface area contributed by atoms with E-state index in [9.17, 15) is 5.11 Å². The lowest BCUT2D eigenvalue weighted by atomic mass is 9.93. The Morgan fingerprint density at radius 3 is 2.60 bits per heavy atom. The Morgan fingerprint density at radius 1 is 1.12 bits per heavy atom. The minimum Gasteiger partial charge on any atom is -0.491 e. The summed E-state index contributed by atoms with van der Waals surface area (Å²) in [5.41, 5.74) is 1.12. The van der Waals surface area contributed by atoms with Crippen LogP contribution in [-0.2, 0) is 0 Å². The van der Waals surface area contributed by atoms with E-state index in [0.717, 1.165) is 48.8 Å². The maximum absolute atomic E-state index is 10.3. The van der Waals surface area contributed by atoms with Crippen molar-refractivity contribution < 1.29 is 9.84 Å². The molecule has 0 aromatic heterocycles. The Kier molecular flexibility index (Phi) is 5.30. The summed E-state index contributed by atoms with van der Waals surface area (Å²) in [6.07, 6.45) is 5.45. The molecular weight excluding hydrogens is 312 g/mol. The highest BCUT2D eigenvalue weighted by Gasteiger charge is 2.42. The molecule has 4 heteroatoms. The fraction of sp³-hybridized carbons (Fsp3) is 0.714. The molecule has 2 saturated carbocycles. The van der Waals surface area contributed by atoms with Crippen LogP contribution >= 0.6 is 0 Å². The lowest BCUT2D eigenvalue weighted by Crippen LogP contribution is -2.53. The van der Waals surface area contributed by atoms with E-state index in [2.05, 4.69) is 9.80 Å². The number of hydrogen-bond donors (Lipinski definition) is 1. The largest absolute Gasteiger partial charge is 0.491 e. The maximum atomic E-state index is 10.3. The summed E-state index contributed by atoms with van der Waals surface area (Å²) in [6.45, 7) is 7.62. The number of rotatable bonds is 6. The standard InChI is InChI=1S/C21H32N2O2/c1-16-4-2-3-5-21(16)25-15-19(24)14-22-8-10-23(11-9-22)20-13-17-6-7-18(20)12-17/h2-5,17-20,24H,6-15H2,1H3. The third kappa shape index (κ3) is 4.02. The molecule has 0 radical (unpaired) electrons. The second kappa shape index (κ2) is 7.65. The monoisotopic (exact) mass is 344 g/mol. The molecule has 2 aliphatic carbocycles. The molecule has 3 aliphatic rings. The Balaban J connectivity index is 1.19. The zero-order chi connectivity index (χ0) is 17.2. The average Bonchev–Trinajstić information content (AvgIpc) is 3.25. The Hall–Kier alpha value is -1.10. The molecule has 138 valence electrons. The highest BCUT2D eigenvalue weighted by atomic mass is 16.5. The van der Waals surface area contributed by atoms with Crippen molar-refractivity contribution in [1.82, 2.24) is 9.80 Å². The summed E-state index contributed by atoms with van der Waals surface area (Å²) < 4.78 is 5.79. The van der Waals surface area contributed by atoms with Gasteiger partial charge in [0, 0.05) is 38.8 Å². The van der Waals surface area contributed by atoms with E-state index in [-0.39, 0.29) is 0 Å². The van der Waals surface area contributed by atoms with Crippen molar-refractivity contribution in [2.24, 2.45) is 11.8 Å². The summed E-state index contributed by atoms with van der Waals surface area (Å²) in [5, 5.41) is 10.3. The molecule has 1 aromatic rings. The minimum atomic E-state index is -0.423. The first-order valence-electron chi connectivity index (χ1n) is 10.0. The number of hydrogen-bond acceptors (Lipinski definition) is 4. The number of fused-ring (bicyclic) bond motifs is 2.